The largest absolute Gasteiger partial charge is 0.236 e. The maximum Gasteiger partial charge on any atom is 0.103 e. The van der Waals surface area contributed by atoms with Crippen molar-refractivity contribution >= 4 is 15.9 Å². The van der Waals surface area contributed by atoms with Crippen LogP contribution in [0, 0.1) is 18.3 Å². The van der Waals surface area contributed by atoms with Crippen LogP contribution in [0.3, 0.4) is 0 Å². The second-order valence-electron chi connectivity index (χ2n) is 4.55. The quantitative estimate of drug-likeness (QED) is 0.843. The molecule has 1 heterocycles. The molecule has 92 valence electrons. The van der Waals surface area contributed by atoms with Crippen LogP contribution in [-0.2, 0) is 0 Å². The van der Waals surface area contributed by atoms with Crippen LogP contribution in [0.25, 0.3) is 5.69 Å². The summed E-state index contributed by atoms with van der Waals surface area (Å²) in [6.07, 6.45) is 1.64. The molecule has 0 aliphatic carbocycles. The van der Waals surface area contributed by atoms with Gasteiger partial charge in [-0.15, -0.1) is 0 Å². The number of halogens is 1. The van der Waals surface area contributed by atoms with E-state index in [1.807, 2.05) is 29.8 Å². The second kappa shape index (κ2) is 4.95. The average molecular weight is 304 g/mol. The van der Waals surface area contributed by atoms with Gasteiger partial charge in [0.2, 0.25) is 0 Å². The van der Waals surface area contributed by atoms with Gasteiger partial charge >= 0.3 is 0 Å². The van der Waals surface area contributed by atoms with E-state index in [2.05, 4.69) is 40.9 Å². The van der Waals surface area contributed by atoms with Crippen molar-refractivity contribution in [3.63, 3.8) is 0 Å². The molecule has 0 unspecified atom stereocenters. The Morgan fingerprint density at radius 1 is 1.39 bits per heavy atom. The molecule has 0 fully saturated rings. The summed E-state index contributed by atoms with van der Waals surface area (Å²) in [6.45, 7) is 6.18. The number of aromatic nitrogens is 2. The van der Waals surface area contributed by atoms with Crippen LogP contribution < -0.4 is 0 Å². The predicted molar refractivity (Wildman–Crippen MR) is 74.8 cm³/mol. The van der Waals surface area contributed by atoms with Gasteiger partial charge in [-0.25, -0.2) is 4.68 Å². The molecule has 0 aliphatic heterocycles. The number of nitriles is 1. The molecule has 4 heteroatoms. The van der Waals surface area contributed by atoms with E-state index in [-0.39, 0.29) is 5.92 Å². The highest BCUT2D eigenvalue weighted by atomic mass is 79.9. The zero-order chi connectivity index (χ0) is 13.3. The van der Waals surface area contributed by atoms with Gasteiger partial charge in [-0.05, 0) is 36.6 Å². The van der Waals surface area contributed by atoms with Crippen LogP contribution in [0.2, 0.25) is 0 Å². The highest BCUT2D eigenvalue weighted by molar-refractivity contribution is 9.10. The van der Waals surface area contributed by atoms with E-state index in [1.165, 1.54) is 0 Å². The molecule has 18 heavy (non-hydrogen) atoms. The molecule has 3 nitrogen and oxygen atoms in total. The normalized spacial score (nSPS) is 10.7. The molecule has 0 bridgehead atoms. The van der Waals surface area contributed by atoms with E-state index in [9.17, 15) is 0 Å². The first-order chi connectivity index (χ1) is 8.54. The fraction of sp³-hybridized carbons (Fsp3) is 0.286. The van der Waals surface area contributed by atoms with Crippen LogP contribution >= 0.6 is 15.9 Å². The first kappa shape index (κ1) is 12.8. The van der Waals surface area contributed by atoms with Gasteiger partial charge < -0.3 is 0 Å². The zero-order valence-electron chi connectivity index (χ0n) is 10.6. The fourth-order valence-corrected chi connectivity index (χ4v) is 2.52. The van der Waals surface area contributed by atoms with Gasteiger partial charge in [0.1, 0.15) is 6.07 Å². The molecule has 0 saturated heterocycles. The minimum Gasteiger partial charge on any atom is -0.236 e. The Labute approximate surface area is 115 Å². The Balaban J connectivity index is 2.65. The number of hydrogen-bond acceptors (Lipinski definition) is 2. The summed E-state index contributed by atoms with van der Waals surface area (Å²) in [5.74, 6) is 0.255. The van der Waals surface area contributed by atoms with Crippen LogP contribution in [0.5, 0.6) is 0 Å². The van der Waals surface area contributed by atoms with E-state index < -0.39 is 0 Å². The predicted octanol–water partition coefficient (Wildman–Crippen LogP) is 3.94. The van der Waals surface area contributed by atoms with Crippen molar-refractivity contribution in [3.8, 4) is 11.8 Å². The number of benzene rings is 1. The van der Waals surface area contributed by atoms with Gasteiger partial charge in [0.15, 0.2) is 0 Å². The second-order valence-corrected chi connectivity index (χ2v) is 5.47. The van der Waals surface area contributed by atoms with Gasteiger partial charge in [0.05, 0.1) is 23.1 Å². The minimum absolute atomic E-state index is 0.255. The maximum atomic E-state index is 9.13. The molecule has 0 saturated carbocycles. The van der Waals surface area contributed by atoms with Crippen LogP contribution in [0.15, 0.2) is 28.9 Å². The lowest BCUT2D eigenvalue weighted by Gasteiger charge is -2.13. The molecule has 0 atom stereocenters. The monoisotopic (exact) mass is 303 g/mol. The average Bonchev–Trinajstić information content (AvgIpc) is 2.72. The van der Waals surface area contributed by atoms with E-state index >= 15 is 0 Å². The summed E-state index contributed by atoms with van der Waals surface area (Å²) in [5, 5.41) is 13.5. The van der Waals surface area contributed by atoms with Gasteiger partial charge in [-0.1, -0.05) is 29.8 Å². The summed E-state index contributed by atoms with van der Waals surface area (Å²) >= 11 is 3.45. The fourth-order valence-electron chi connectivity index (χ4n) is 2.05. The van der Waals surface area contributed by atoms with E-state index in [1.54, 1.807) is 6.20 Å². The van der Waals surface area contributed by atoms with Gasteiger partial charge in [-0.2, -0.15) is 10.4 Å². The molecule has 1 aromatic carbocycles. The molecule has 2 aromatic rings. The van der Waals surface area contributed by atoms with Crippen molar-refractivity contribution in [2.45, 2.75) is 26.7 Å². The van der Waals surface area contributed by atoms with E-state index in [4.69, 9.17) is 5.26 Å². The standard InChI is InChI=1S/C14H14BrN3/c1-9(2)14-11(7-16)8-17-18(14)13-5-4-12(15)6-10(13)3/h4-6,8-9H,1-3H3. The Bertz CT molecular complexity index is 620. The molecule has 1 aromatic heterocycles. The van der Waals surface area contributed by atoms with Crippen molar-refractivity contribution < 1.29 is 0 Å². The van der Waals surface area contributed by atoms with Crippen molar-refractivity contribution in [2.75, 3.05) is 0 Å². The number of nitrogens with zero attached hydrogens (tertiary/aromatic N) is 3. The highest BCUT2D eigenvalue weighted by Gasteiger charge is 2.16. The summed E-state index contributed by atoms with van der Waals surface area (Å²) < 4.78 is 2.91. The Morgan fingerprint density at radius 3 is 2.67 bits per heavy atom. The smallest absolute Gasteiger partial charge is 0.103 e. The van der Waals surface area contributed by atoms with Crippen LogP contribution in [-0.4, -0.2) is 9.78 Å². The SMILES string of the molecule is Cc1cc(Br)ccc1-n1ncc(C#N)c1C(C)C. The molecule has 0 N–H and O–H groups in total. The van der Waals surface area contributed by atoms with E-state index in [0.29, 0.717) is 5.56 Å². The molecule has 0 radical (unpaired) electrons. The molecule has 0 spiro atoms. The summed E-state index contributed by atoms with van der Waals surface area (Å²) in [6, 6.07) is 8.25. The van der Waals surface area contributed by atoms with Crippen molar-refractivity contribution in [3.05, 3.63) is 45.7 Å². The van der Waals surface area contributed by atoms with Crippen LogP contribution in [0.4, 0.5) is 0 Å². The minimum atomic E-state index is 0.255. The lowest BCUT2D eigenvalue weighted by atomic mass is 10.1. The Morgan fingerprint density at radius 2 is 2.11 bits per heavy atom. The molecular formula is C14H14BrN3. The molecular weight excluding hydrogens is 290 g/mol. The number of rotatable bonds is 2. The van der Waals surface area contributed by atoms with Crippen molar-refractivity contribution in [1.29, 1.82) is 5.26 Å². The van der Waals surface area contributed by atoms with Gasteiger partial charge in [0, 0.05) is 4.47 Å². The Hall–Kier alpha value is -1.60. The van der Waals surface area contributed by atoms with Crippen molar-refractivity contribution in [1.82, 2.24) is 9.78 Å². The zero-order valence-corrected chi connectivity index (χ0v) is 12.2. The third-order valence-electron chi connectivity index (χ3n) is 2.86. The first-order valence-electron chi connectivity index (χ1n) is 5.79. The van der Waals surface area contributed by atoms with Crippen LogP contribution in [0.1, 0.15) is 36.6 Å². The Kier molecular flexibility index (Phi) is 3.53. The van der Waals surface area contributed by atoms with Crippen molar-refractivity contribution in [2.24, 2.45) is 0 Å². The maximum absolute atomic E-state index is 9.13. The topological polar surface area (TPSA) is 41.6 Å². The summed E-state index contributed by atoms with van der Waals surface area (Å²) in [7, 11) is 0. The first-order valence-corrected chi connectivity index (χ1v) is 6.58. The third-order valence-corrected chi connectivity index (χ3v) is 3.35. The molecule has 0 amide bonds. The molecule has 2 rings (SSSR count). The molecule has 0 aliphatic rings. The lowest BCUT2D eigenvalue weighted by Crippen LogP contribution is -2.06. The number of hydrogen-bond donors (Lipinski definition) is 0. The van der Waals surface area contributed by atoms with Gasteiger partial charge in [-0.3, -0.25) is 0 Å². The summed E-state index contributed by atoms with van der Waals surface area (Å²) in [4.78, 5) is 0. The summed E-state index contributed by atoms with van der Waals surface area (Å²) in [5.41, 5.74) is 3.75. The number of aryl methyl sites for hydroxylation is 1. The van der Waals surface area contributed by atoms with Gasteiger partial charge in [0.25, 0.3) is 0 Å². The van der Waals surface area contributed by atoms with E-state index in [0.717, 1.165) is 21.4 Å². The third kappa shape index (κ3) is 2.19. The highest BCUT2D eigenvalue weighted by Crippen LogP contribution is 2.25. The lowest BCUT2D eigenvalue weighted by molar-refractivity contribution is 0.730.